The highest BCUT2D eigenvalue weighted by Gasteiger charge is 2.14. The molecule has 0 atom stereocenters. The fraction of sp³-hybridized carbons (Fsp3) is 0.533. The number of fused-ring (bicyclic) bond motifs is 1. The van der Waals surface area contributed by atoms with Crippen LogP contribution in [0.2, 0.25) is 0 Å². The molecule has 1 aromatic carbocycles. The van der Waals surface area contributed by atoms with Crippen LogP contribution in [0, 0.1) is 5.92 Å². The second kappa shape index (κ2) is 6.57. The summed E-state index contributed by atoms with van der Waals surface area (Å²) >= 11 is 0. The summed E-state index contributed by atoms with van der Waals surface area (Å²) in [6.07, 6.45) is 1.02. The third-order valence-electron chi connectivity index (χ3n) is 2.97. The van der Waals surface area contributed by atoms with E-state index in [0.717, 1.165) is 18.7 Å². The lowest BCUT2D eigenvalue weighted by Gasteiger charge is -2.08. The normalized spacial score (nSPS) is 13.2. The molecular weight excluding hydrogens is 242 g/mol. The summed E-state index contributed by atoms with van der Waals surface area (Å²) < 4.78 is 10.5. The van der Waals surface area contributed by atoms with Crippen LogP contribution in [0.25, 0.3) is 0 Å². The van der Waals surface area contributed by atoms with Crippen molar-refractivity contribution in [2.75, 3.05) is 31.7 Å². The molecule has 4 heteroatoms. The molecule has 0 radical (unpaired) electrons. The van der Waals surface area contributed by atoms with Gasteiger partial charge in [-0.25, -0.2) is 4.79 Å². The van der Waals surface area contributed by atoms with Crippen molar-refractivity contribution in [2.45, 2.75) is 20.3 Å². The van der Waals surface area contributed by atoms with Crippen LogP contribution in [-0.4, -0.2) is 32.3 Å². The molecule has 0 spiro atoms. The van der Waals surface area contributed by atoms with Crippen molar-refractivity contribution in [1.29, 1.82) is 0 Å². The molecule has 0 fully saturated rings. The monoisotopic (exact) mass is 263 g/mol. The molecule has 0 amide bonds. The first-order valence-electron chi connectivity index (χ1n) is 6.78. The van der Waals surface area contributed by atoms with Gasteiger partial charge >= 0.3 is 5.97 Å². The molecule has 1 aliphatic rings. The van der Waals surface area contributed by atoms with Crippen molar-refractivity contribution in [1.82, 2.24) is 0 Å². The minimum atomic E-state index is -0.287. The molecule has 104 valence electrons. The van der Waals surface area contributed by atoms with Crippen LogP contribution >= 0.6 is 0 Å². The molecular formula is C15H21NO3. The van der Waals surface area contributed by atoms with Gasteiger partial charge in [0.15, 0.2) is 0 Å². The smallest absolute Gasteiger partial charge is 0.338 e. The van der Waals surface area contributed by atoms with Crippen LogP contribution in [0.5, 0.6) is 0 Å². The van der Waals surface area contributed by atoms with Crippen LogP contribution in [0.15, 0.2) is 18.2 Å². The number of hydrogen-bond donors (Lipinski definition) is 1. The molecule has 1 heterocycles. The van der Waals surface area contributed by atoms with E-state index in [0.29, 0.717) is 31.3 Å². The number of carbonyl (C=O) groups is 1. The number of benzene rings is 1. The third kappa shape index (κ3) is 3.96. The summed E-state index contributed by atoms with van der Waals surface area (Å²) in [6.45, 7) is 6.56. The van der Waals surface area contributed by atoms with Gasteiger partial charge in [-0.15, -0.1) is 0 Å². The van der Waals surface area contributed by atoms with Crippen molar-refractivity contribution < 1.29 is 14.3 Å². The number of nitrogens with one attached hydrogen (secondary N) is 1. The predicted octanol–water partition coefficient (Wildman–Crippen LogP) is 2.48. The number of carbonyl (C=O) groups excluding carboxylic acids is 1. The van der Waals surface area contributed by atoms with E-state index >= 15 is 0 Å². The van der Waals surface area contributed by atoms with Gasteiger partial charge < -0.3 is 14.8 Å². The van der Waals surface area contributed by atoms with Gasteiger partial charge in [-0.2, -0.15) is 0 Å². The highest BCUT2D eigenvalue weighted by Crippen LogP contribution is 2.23. The van der Waals surface area contributed by atoms with E-state index < -0.39 is 0 Å². The summed E-state index contributed by atoms with van der Waals surface area (Å²) in [7, 11) is 0. The maximum Gasteiger partial charge on any atom is 0.338 e. The highest BCUT2D eigenvalue weighted by molar-refractivity contribution is 5.91. The van der Waals surface area contributed by atoms with Gasteiger partial charge in [0.25, 0.3) is 0 Å². The fourth-order valence-electron chi connectivity index (χ4n) is 2.01. The molecule has 0 saturated heterocycles. The van der Waals surface area contributed by atoms with E-state index in [-0.39, 0.29) is 5.97 Å². The SMILES string of the molecule is CC(C)COCCOC(=O)c1ccc2c(c1)NCC2. The van der Waals surface area contributed by atoms with Crippen molar-refractivity contribution in [3.05, 3.63) is 29.3 Å². The number of esters is 1. The molecule has 1 N–H and O–H groups in total. The van der Waals surface area contributed by atoms with E-state index in [1.165, 1.54) is 5.56 Å². The van der Waals surface area contributed by atoms with E-state index in [2.05, 4.69) is 19.2 Å². The first-order chi connectivity index (χ1) is 9.16. The van der Waals surface area contributed by atoms with E-state index in [1.54, 1.807) is 0 Å². The molecule has 1 aliphatic heterocycles. The summed E-state index contributed by atoms with van der Waals surface area (Å²) in [4.78, 5) is 11.8. The molecule has 0 unspecified atom stereocenters. The molecule has 0 aliphatic carbocycles. The Morgan fingerprint density at radius 3 is 3.00 bits per heavy atom. The van der Waals surface area contributed by atoms with Gasteiger partial charge in [0.2, 0.25) is 0 Å². The number of hydrogen-bond acceptors (Lipinski definition) is 4. The summed E-state index contributed by atoms with van der Waals surface area (Å²) in [5.41, 5.74) is 2.90. The minimum absolute atomic E-state index is 0.287. The topological polar surface area (TPSA) is 47.6 Å². The zero-order valence-corrected chi connectivity index (χ0v) is 11.6. The average molecular weight is 263 g/mol. The first kappa shape index (κ1) is 13.9. The van der Waals surface area contributed by atoms with Gasteiger partial charge in [0.1, 0.15) is 6.61 Å². The quantitative estimate of drug-likeness (QED) is 0.632. The Morgan fingerprint density at radius 2 is 2.21 bits per heavy atom. The number of ether oxygens (including phenoxy) is 2. The van der Waals surface area contributed by atoms with Crippen molar-refractivity contribution in [3.63, 3.8) is 0 Å². The zero-order valence-electron chi connectivity index (χ0n) is 11.6. The summed E-state index contributed by atoms with van der Waals surface area (Å²) in [5.74, 6) is 0.211. The molecule has 0 saturated carbocycles. The van der Waals surface area contributed by atoms with Crippen molar-refractivity contribution in [3.8, 4) is 0 Å². The Bertz CT molecular complexity index is 443. The molecule has 4 nitrogen and oxygen atoms in total. The largest absolute Gasteiger partial charge is 0.460 e. The molecule has 1 aromatic rings. The van der Waals surface area contributed by atoms with E-state index in [4.69, 9.17) is 9.47 Å². The Hall–Kier alpha value is -1.55. The Balaban J connectivity index is 1.77. The second-order valence-electron chi connectivity index (χ2n) is 5.15. The zero-order chi connectivity index (χ0) is 13.7. The lowest BCUT2D eigenvalue weighted by Crippen LogP contribution is -2.12. The van der Waals surface area contributed by atoms with E-state index in [1.807, 2.05) is 18.2 Å². The average Bonchev–Trinajstić information content (AvgIpc) is 2.84. The Morgan fingerprint density at radius 1 is 1.37 bits per heavy atom. The summed E-state index contributed by atoms with van der Waals surface area (Å²) in [5, 5.41) is 3.25. The Kier molecular flexibility index (Phi) is 4.80. The maximum atomic E-state index is 11.8. The van der Waals surface area contributed by atoms with Gasteiger partial charge in [-0.3, -0.25) is 0 Å². The first-order valence-corrected chi connectivity index (χ1v) is 6.78. The number of rotatable bonds is 6. The number of anilines is 1. The molecule has 0 bridgehead atoms. The van der Waals surface area contributed by atoms with Crippen molar-refractivity contribution in [2.24, 2.45) is 5.92 Å². The Labute approximate surface area is 114 Å². The minimum Gasteiger partial charge on any atom is -0.460 e. The van der Waals surface area contributed by atoms with Crippen LogP contribution < -0.4 is 5.32 Å². The lowest BCUT2D eigenvalue weighted by atomic mass is 10.1. The molecule has 19 heavy (non-hydrogen) atoms. The van der Waals surface area contributed by atoms with Crippen LogP contribution in [-0.2, 0) is 15.9 Å². The molecule has 0 aromatic heterocycles. The lowest BCUT2D eigenvalue weighted by molar-refractivity contribution is 0.0277. The van der Waals surface area contributed by atoms with E-state index in [9.17, 15) is 4.79 Å². The predicted molar refractivity (Wildman–Crippen MR) is 74.6 cm³/mol. The van der Waals surface area contributed by atoms with Gasteiger partial charge in [-0.05, 0) is 30.0 Å². The fourth-order valence-corrected chi connectivity index (χ4v) is 2.01. The summed E-state index contributed by atoms with van der Waals surface area (Å²) in [6, 6.07) is 5.67. The molecule has 2 rings (SSSR count). The van der Waals surface area contributed by atoms with Crippen LogP contribution in [0.1, 0.15) is 29.8 Å². The van der Waals surface area contributed by atoms with Crippen LogP contribution in [0.3, 0.4) is 0 Å². The highest BCUT2D eigenvalue weighted by atomic mass is 16.6. The maximum absolute atomic E-state index is 11.8. The second-order valence-corrected chi connectivity index (χ2v) is 5.15. The van der Waals surface area contributed by atoms with Gasteiger partial charge in [0, 0.05) is 18.8 Å². The van der Waals surface area contributed by atoms with Gasteiger partial charge in [-0.1, -0.05) is 19.9 Å². The van der Waals surface area contributed by atoms with Gasteiger partial charge in [0.05, 0.1) is 12.2 Å². The van der Waals surface area contributed by atoms with Crippen LogP contribution in [0.4, 0.5) is 5.69 Å². The standard InChI is InChI=1S/C15H21NO3/c1-11(2)10-18-7-8-19-15(17)13-4-3-12-5-6-16-14(12)9-13/h3-4,9,11,16H,5-8,10H2,1-2H3. The van der Waals surface area contributed by atoms with Crippen molar-refractivity contribution >= 4 is 11.7 Å². The third-order valence-corrected chi connectivity index (χ3v) is 2.97.